The summed E-state index contributed by atoms with van der Waals surface area (Å²) in [6, 6.07) is 11.1. The summed E-state index contributed by atoms with van der Waals surface area (Å²) in [5, 5.41) is 3.31. The van der Waals surface area contributed by atoms with Crippen LogP contribution in [0.4, 0.5) is 5.69 Å². The van der Waals surface area contributed by atoms with E-state index >= 15 is 0 Å². The summed E-state index contributed by atoms with van der Waals surface area (Å²) in [4.78, 5) is 15.2. The van der Waals surface area contributed by atoms with Crippen LogP contribution < -0.4 is 14.8 Å². The molecule has 10 heteroatoms. The Labute approximate surface area is 194 Å². The largest absolute Gasteiger partial charge is 0.495 e. The lowest BCUT2D eigenvalue weighted by Gasteiger charge is -2.31. The number of ether oxygens (including phenoxy) is 2. The number of likely N-dealkylation sites (N-methyl/N-ethyl adjacent to an activating group) is 1. The lowest BCUT2D eigenvalue weighted by molar-refractivity contribution is -0.128. The molecule has 0 bridgehead atoms. The molecule has 1 aliphatic heterocycles. The summed E-state index contributed by atoms with van der Waals surface area (Å²) in [5.74, 6) is 0.366. The fourth-order valence-corrected chi connectivity index (χ4v) is 4.81. The minimum absolute atomic E-state index is 0.0922. The van der Waals surface area contributed by atoms with Crippen molar-refractivity contribution in [2.24, 2.45) is 0 Å². The molecule has 1 N–H and O–H groups in total. The van der Waals surface area contributed by atoms with Gasteiger partial charge in [0.15, 0.2) is 5.60 Å². The monoisotopic (exact) mass is 481 g/mol. The molecule has 1 saturated heterocycles. The maximum Gasteiger partial charge on any atom is 0.268 e. The third-order valence-corrected chi connectivity index (χ3v) is 7.40. The average molecular weight is 482 g/mol. The van der Waals surface area contributed by atoms with Crippen molar-refractivity contribution in [2.45, 2.75) is 24.3 Å². The quantitative estimate of drug-likeness (QED) is 0.653. The van der Waals surface area contributed by atoms with E-state index in [1.165, 1.54) is 29.6 Å². The fraction of sp³-hybridized carbons (Fsp3) is 0.409. The molecule has 0 aliphatic carbocycles. The number of nitrogens with zero attached hydrogens (tertiary/aromatic N) is 2. The van der Waals surface area contributed by atoms with Gasteiger partial charge in [-0.15, -0.1) is 0 Å². The lowest BCUT2D eigenvalue weighted by atomic mass is 10.1. The topological polar surface area (TPSA) is 88.2 Å². The number of piperazine rings is 1. The number of carbonyl (C=O) groups is 1. The molecule has 0 spiro atoms. The van der Waals surface area contributed by atoms with Gasteiger partial charge in [-0.3, -0.25) is 4.79 Å². The van der Waals surface area contributed by atoms with Crippen molar-refractivity contribution >= 4 is 33.2 Å². The van der Waals surface area contributed by atoms with E-state index < -0.39 is 21.5 Å². The first-order chi connectivity index (χ1) is 15.0. The van der Waals surface area contributed by atoms with E-state index in [0.717, 1.165) is 0 Å². The third kappa shape index (κ3) is 5.53. The first-order valence-electron chi connectivity index (χ1n) is 10.2. The molecule has 0 atom stereocenters. The van der Waals surface area contributed by atoms with Crippen LogP contribution in [0.15, 0.2) is 47.4 Å². The van der Waals surface area contributed by atoms with Gasteiger partial charge in [-0.05, 0) is 63.4 Å². The second kappa shape index (κ2) is 9.66. The highest BCUT2D eigenvalue weighted by Gasteiger charge is 2.32. The van der Waals surface area contributed by atoms with E-state index in [2.05, 4.69) is 10.2 Å². The Bertz CT molecular complexity index is 1070. The van der Waals surface area contributed by atoms with Gasteiger partial charge in [0.05, 0.1) is 17.7 Å². The molecule has 0 aromatic heterocycles. The number of rotatable bonds is 7. The predicted molar refractivity (Wildman–Crippen MR) is 124 cm³/mol. The van der Waals surface area contributed by atoms with Crippen LogP contribution in [0.2, 0.25) is 5.02 Å². The fourth-order valence-electron chi connectivity index (χ4n) is 3.24. The summed E-state index contributed by atoms with van der Waals surface area (Å²) < 4.78 is 38.8. The molecule has 0 radical (unpaired) electrons. The highest BCUT2D eigenvalue weighted by atomic mass is 35.5. The van der Waals surface area contributed by atoms with Gasteiger partial charge in [-0.25, -0.2) is 8.42 Å². The summed E-state index contributed by atoms with van der Waals surface area (Å²) >= 11 is 5.90. The zero-order valence-corrected chi connectivity index (χ0v) is 20.2. The Morgan fingerprint density at radius 1 is 1.06 bits per heavy atom. The van der Waals surface area contributed by atoms with Crippen molar-refractivity contribution in [3.63, 3.8) is 0 Å². The lowest BCUT2D eigenvalue weighted by Crippen LogP contribution is -2.47. The number of methoxy groups -OCH3 is 1. The van der Waals surface area contributed by atoms with Crippen molar-refractivity contribution in [2.75, 3.05) is 45.7 Å². The number of hydrogen-bond donors (Lipinski definition) is 1. The van der Waals surface area contributed by atoms with Crippen LogP contribution in [0, 0.1) is 0 Å². The number of amides is 1. The Morgan fingerprint density at radius 3 is 2.28 bits per heavy atom. The molecule has 1 amide bonds. The predicted octanol–water partition coefficient (Wildman–Crippen LogP) is 3.08. The van der Waals surface area contributed by atoms with Gasteiger partial charge in [0.25, 0.3) is 5.91 Å². The number of hydrogen-bond acceptors (Lipinski definition) is 6. The van der Waals surface area contributed by atoms with Gasteiger partial charge in [0.1, 0.15) is 11.5 Å². The van der Waals surface area contributed by atoms with Gasteiger partial charge < -0.3 is 19.7 Å². The smallest absolute Gasteiger partial charge is 0.268 e. The van der Waals surface area contributed by atoms with Crippen LogP contribution >= 0.6 is 11.6 Å². The first-order valence-corrected chi connectivity index (χ1v) is 12.0. The standard InChI is InChI=1S/C22H28ClN3O5S/c1-22(2,31-17-7-5-16(23)6-8-17)21(27)24-19-15-18(9-10-20(19)30-4)32(28,29)26-13-11-25(3)12-14-26/h5-10,15H,11-14H2,1-4H3,(H,24,27). The van der Waals surface area contributed by atoms with E-state index in [0.29, 0.717) is 42.7 Å². The van der Waals surface area contributed by atoms with Crippen molar-refractivity contribution < 1.29 is 22.7 Å². The Hall–Kier alpha value is -2.33. The SMILES string of the molecule is COc1ccc(S(=O)(=O)N2CCN(C)CC2)cc1NC(=O)C(C)(C)Oc1ccc(Cl)cc1. The van der Waals surface area contributed by atoms with Crippen molar-refractivity contribution in [3.05, 3.63) is 47.5 Å². The van der Waals surface area contributed by atoms with Crippen molar-refractivity contribution in [1.29, 1.82) is 0 Å². The molecule has 174 valence electrons. The number of carbonyl (C=O) groups excluding carboxylic acids is 1. The van der Waals surface area contributed by atoms with Gasteiger partial charge >= 0.3 is 0 Å². The minimum atomic E-state index is -3.70. The maximum atomic E-state index is 13.1. The van der Waals surface area contributed by atoms with E-state index in [4.69, 9.17) is 21.1 Å². The molecule has 0 unspecified atom stereocenters. The summed E-state index contributed by atoms with van der Waals surface area (Å²) in [7, 11) is -0.290. The van der Waals surface area contributed by atoms with Crippen LogP contribution in [0.1, 0.15) is 13.8 Å². The molecule has 1 aliphatic rings. The molecule has 2 aromatic rings. The molecular formula is C22H28ClN3O5S. The molecule has 1 heterocycles. The number of sulfonamides is 1. The van der Waals surface area contributed by atoms with Crippen LogP contribution in [0.25, 0.3) is 0 Å². The van der Waals surface area contributed by atoms with Crippen LogP contribution in [-0.2, 0) is 14.8 Å². The highest BCUT2D eigenvalue weighted by Crippen LogP contribution is 2.31. The second-order valence-corrected chi connectivity index (χ2v) is 10.5. The molecule has 8 nitrogen and oxygen atoms in total. The minimum Gasteiger partial charge on any atom is -0.495 e. The third-order valence-electron chi connectivity index (χ3n) is 5.25. The average Bonchev–Trinajstić information content (AvgIpc) is 2.75. The second-order valence-electron chi connectivity index (χ2n) is 8.09. The normalized spacial score (nSPS) is 15.9. The van der Waals surface area contributed by atoms with E-state index in [9.17, 15) is 13.2 Å². The molecule has 1 fully saturated rings. The molecule has 32 heavy (non-hydrogen) atoms. The van der Waals surface area contributed by atoms with Crippen LogP contribution in [0.3, 0.4) is 0 Å². The van der Waals surface area contributed by atoms with Gasteiger partial charge in [-0.1, -0.05) is 11.6 Å². The van der Waals surface area contributed by atoms with Gasteiger partial charge in [0, 0.05) is 31.2 Å². The number of benzene rings is 2. The number of halogens is 1. The van der Waals surface area contributed by atoms with Crippen LogP contribution in [0.5, 0.6) is 11.5 Å². The molecular weight excluding hydrogens is 454 g/mol. The van der Waals surface area contributed by atoms with E-state index in [1.807, 2.05) is 7.05 Å². The van der Waals surface area contributed by atoms with Crippen LogP contribution in [-0.4, -0.2) is 69.5 Å². The Morgan fingerprint density at radius 2 is 1.69 bits per heavy atom. The molecule has 2 aromatic carbocycles. The molecule has 3 rings (SSSR count). The summed E-state index contributed by atoms with van der Waals surface area (Å²) in [6.07, 6.45) is 0. The van der Waals surface area contributed by atoms with Gasteiger partial charge in [-0.2, -0.15) is 4.31 Å². The maximum absolute atomic E-state index is 13.1. The van der Waals surface area contributed by atoms with Gasteiger partial charge in [0.2, 0.25) is 10.0 Å². The highest BCUT2D eigenvalue weighted by molar-refractivity contribution is 7.89. The van der Waals surface area contributed by atoms with E-state index in [-0.39, 0.29) is 10.6 Å². The van der Waals surface area contributed by atoms with E-state index in [1.54, 1.807) is 38.1 Å². The van der Waals surface area contributed by atoms with Crippen molar-refractivity contribution in [3.8, 4) is 11.5 Å². The zero-order valence-electron chi connectivity index (χ0n) is 18.6. The number of nitrogens with one attached hydrogen (secondary N) is 1. The van der Waals surface area contributed by atoms with Crippen molar-refractivity contribution in [1.82, 2.24) is 9.21 Å². The first kappa shape index (κ1) is 24.3. The molecule has 0 saturated carbocycles. The zero-order chi connectivity index (χ0) is 23.5. The Kier molecular flexibility index (Phi) is 7.34. The number of anilines is 1. The Balaban J connectivity index is 1.82. The summed E-state index contributed by atoms with van der Waals surface area (Å²) in [5.41, 5.74) is -0.994. The summed E-state index contributed by atoms with van der Waals surface area (Å²) in [6.45, 7) is 5.38.